The number of hydrogen-bond acceptors (Lipinski definition) is 2. The monoisotopic (exact) mass is 386 g/mol. The number of benzene rings is 2. The van der Waals surface area contributed by atoms with Crippen LogP contribution in [0, 0.1) is 6.92 Å². The fourth-order valence-corrected chi connectivity index (χ4v) is 4.50. The molecule has 0 spiro atoms. The van der Waals surface area contributed by atoms with Gasteiger partial charge in [-0.2, -0.15) is 0 Å². The van der Waals surface area contributed by atoms with Crippen molar-refractivity contribution in [2.24, 2.45) is 5.14 Å². The molecule has 4 nitrogen and oxygen atoms in total. The maximum Gasteiger partial charge on any atom is 0.238 e. The van der Waals surface area contributed by atoms with Crippen LogP contribution in [0.2, 0.25) is 5.02 Å². The third-order valence-corrected chi connectivity index (χ3v) is 6.21. The van der Waals surface area contributed by atoms with Gasteiger partial charge in [0, 0.05) is 34.1 Å². The van der Waals surface area contributed by atoms with Crippen molar-refractivity contribution in [2.75, 3.05) is 0 Å². The summed E-state index contributed by atoms with van der Waals surface area (Å²) < 4.78 is 25.5. The lowest BCUT2D eigenvalue weighted by atomic mass is 9.94. The van der Waals surface area contributed by atoms with Gasteiger partial charge in [-0.1, -0.05) is 35.9 Å². The molecule has 0 saturated heterocycles. The Balaban J connectivity index is 1.93. The second-order valence-corrected chi connectivity index (χ2v) is 8.61. The number of rotatable bonds is 3. The Bertz CT molecular complexity index is 1080. The number of hydrogen-bond donors (Lipinski definition) is 1. The van der Waals surface area contributed by atoms with Crippen molar-refractivity contribution in [1.29, 1.82) is 0 Å². The predicted molar refractivity (Wildman–Crippen MR) is 105 cm³/mol. The van der Waals surface area contributed by atoms with E-state index in [1.54, 1.807) is 12.1 Å². The normalized spacial score (nSPS) is 13.8. The SMILES string of the molecule is Cc1c(-c2ccc(S(N)(=O)=O)cc2)c(-c2ccc(Cl)cc2)c2n1CCC2. The zero-order chi connectivity index (χ0) is 18.5. The van der Waals surface area contributed by atoms with Crippen LogP contribution in [0.3, 0.4) is 0 Å². The highest BCUT2D eigenvalue weighted by Gasteiger charge is 2.25. The van der Waals surface area contributed by atoms with Gasteiger partial charge in [0.05, 0.1) is 4.90 Å². The van der Waals surface area contributed by atoms with Crippen LogP contribution in [0.15, 0.2) is 53.4 Å². The number of nitrogens with zero attached hydrogens (tertiary/aromatic N) is 1. The molecule has 6 heteroatoms. The summed E-state index contributed by atoms with van der Waals surface area (Å²) in [5.41, 5.74) is 6.99. The molecule has 2 heterocycles. The van der Waals surface area contributed by atoms with E-state index in [4.69, 9.17) is 16.7 Å². The highest BCUT2D eigenvalue weighted by atomic mass is 35.5. The molecule has 0 radical (unpaired) electrons. The van der Waals surface area contributed by atoms with Gasteiger partial charge in [0.15, 0.2) is 0 Å². The van der Waals surface area contributed by atoms with Crippen molar-refractivity contribution in [1.82, 2.24) is 4.57 Å². The Morgan fingerprint density at radius 1 is 0.962 bits per heavy atom. The molecule has 0 aliphatic carbocycles. The molecule has 2 N–H and O–H groups in total. The molecule has 0 unspecified atom stereocenters. The molecule has 0 bridgehead atoms. The van der Waals surface area contributed by atoms with Crippen molar-refractivity contribution >= 4 is 21.6 Å². The van der Waals surface area contributed by atoms with Crippen LogP contribution in [-0.4, -0.2) is 13.0 Å². The molecule has 0 amide bonds. The zero-order valence-corrected chi connectivity index (χ0v) is 15.9. The molecule has 3 aromatic rings. The Hall–Kier alpha value is -2.08. The topological polar surface area (TPSA) is 65.1 Å². The lowest BCUT2D eigenvalue weighted by molar-refractivity contribution is 0.598. The minimum Gasteiger partial charge on any atom is -0.348 e. The highest BCUT2D eigenvalue weighted by molar-refractivity contribution is 7.89. The van der Waals surface area contributed by atoms with E-state index >= 15 is 0 Å². The summed E-state index contributed by atoms with van der Waals surface area (Å²) in [5, 5.41) is 5.93. The largest absolute Gasteiger partial charge is 0.348 e. The molecule has 0 saturated carbocycles. The highest BCUT2D eigenvalue weighted by Crippen LogP contribution is 2.42. The summed E-state index contributed by atoms with van der Waals surface area (Å²) in [5.74, 6) is 0. The Labute approximate surface area is 158 Å². The maximum absolute atomic E-state index is 11.5. The van der Waals surface area contributed by atoms with Crippen LogP contribution in [0.1, 0.15) is 17.8 Å². The minimum atomic E-state index is -3.70. The van der Waals surface area contributed by atoms with Crippen LogP contribution >= 0.6 is 11.6 Å². The van der Waals surface area contributed by atoms with E-state index in [0.717, 1.165) is 36.1 Å². The quantitative estimate of drug-likeness (QED) is 0.726. The van der Waals surface area contributed by atoms with Crippen LogP contribution in [0.5, 0.6) is 0 Å². The molecule has 134 valence electrons. The number of halogens is 1. The van der Waals surface area contributed by atoms with Crippen molar-refractivity contribution < 1.29 is 8.42 Å². The van der Waals surface area contributed by atoms with Gasteiger partial charge in [0.2, 0.25) is 10.0 Å². The predicted octanol–water partition coefficient (Wildman–Crippen LogP) is 4.38. The van der Waals surface area contributed by atoms with E-state index in [9.17, 15) is 8.42 Å². The Morgan fingerprint density at radius 2 is 1.54 bits per heavy atom. The molecule has 4 rings (SSSR count). The van der Waals surface area contributed by atoms with E-state index in [2.05, 4.69) is 11.5 Å². The van der Waals surface area contributed by atoms with Gasteiger partial charge in [-0.3, -0.25) is 0 Å². The first-order chi connectivity index (χ1) is 12.4. The van der Waals surface area contributed by atoms with Crippen molar-refractivity contribution in [3.63, 3.8) is 0 Å². The minimum absolute atomic E-state index is 0.124. The summed E-state index contributed by atoms with van der Waals surface area (Å²) in [6.07, 6.45) is 2.18. The lowest BCUT2D eigenvalue weighted by Gasteiger charge is -2.10. The third-order valence-electron chi connectivity index (χ3n) is 5.03. The standard InChI is InChI=1S/C20H19ClN2O2S/c1-13-19(14-6-10-17(11-7-14)26(22,24)25)20(18-3-2-12-23(13)18)15-4-8-16(21)9-5-15/h4-11H,2-3,12H2,1H3,(H2,22,24,25). The fourth-order valence-electron chi connectivity index (χ4n) is 3.86. The Morgan fingerprint density at radius 3 is 2.15 bits per heavy atom. The van der Waals surface area contributed by atoms with E-state index in [-0.39, 0.29) is 4.90 Å². The summed E-state index contributed by atoms with van der Waals surface area (Å²) in [6.45, 7) is 3.13. The first kappa shape index (κ1) is 17.3. The molecule has 0 fully saturated rings. The summed E-state index contributed by atoms with van der Waals surface area (Å²) in [4.78, 5) is 0.124. The number of aromatic nitrogens is 1. The first-order valence-corrected chi connectivity index (χ1v) is 10.4. The number of sulfonamides is 1. The summed E-state index contributed by atoms with van der Waals surface area (Å²) in [7, 11) is -3.70. The molecular formula is C20H19ClN2O2S. The maximum atomic E-state index is 11.5. The van der Waals surface area contributed by atoms with Gasteiger partial charge in [-0.05, 0) is 55.2 Å². The van der Waals surface area contributed by atoms with Crippen LogP contribution in [0.25, 0.3) is 22.3 Å². The Kier molecular flexibility index (Phi) is 4.18. The fraction of sp³-hybridized carbons (Fsp3) is 0.200. The van der Waals surface area contributed by atoms with E-state index in [1.165, 1.54) is 17.0 Å². The van der Waals surface area contributed by atoms with Crippen molar-refractivity contribution in [3.8, 4) is 22.3 Å². The molecule has 1 aliphatic heterocycles. The molecule has 2 aromatic carbocycles. The lowest BCUT2D eigenvalue weighted by Crippen LogP contribution is -2.11. The molecule has 26 heavy (non-hydrogen) atoms. The van der Waals surface area contributed by atoms with Gasteiger partial charge in [0.1, 0.15) is 0 Å². The average molecular weight is 387 g/mol. The van der Waals surface area contributed by atoms with Crippen LogP contribution < -0.4 is 5.14 Å². The number of fused-ring (bicyclic) bond motifs is 1. The summed E-state index contributed by atoms with van der Waals surface area (Å²) >= 11 is 6.06. The van der Waals surface area contributed by atoms with Gasteiger partial charge >= 0.3 is 0 Å². The van der Waals surface area contributed by atoms with Gasteiger partial charge < -0.3 is 4.57 Å². The van der Waals surface area contributed by atoms with E-state index in [1.807, 2.05) is 36.4 Å². The molecule has 1 aromatic heterocycles. The molecule has 0 atom stereocenters. The molecule has 1 aliphatic rings. The first-order valence-electron chi connectivity index (χ1n) is 8.47. The number of primary sulfonamides is 1. The summed E-state index contributed by atoms with van der Waals surface area (Å²) in [6, 6.07) is 14.7. The van der Waals surface area contributed by atoms with Gasteiger partial charge in [-0.25, -0.2) is 13.6 Å². The van der Waals surface area contributed by atoms with Gasteiger partial charge in [0.25, 0.3) is 0 Å². The van der Waals surface area contributed by atoms with E-state index < -0.39 is 10.0 Å². The van der Waals surface area contributed by atoms with Crippen molar-refractivity contribution in [2.45, 2.75) is 31.2 Å². The number of nitrogens with two attached hydrogens (primary N) is 1. The van der Waals surface area contributed by atoms with Crippen LogP contribution in [0.4, 0.5) is 0 Å². The smallest absolute Gasteiger partial charge is 0.238 e. The van der Waals surface area contributed by atoms with E-state index in [0.29, 0.717) is 5.02 Å². The second kappa shape index (κ2) is 6.27. The van der Waals surface area contributed by atoms with Crippen LogP contribution in [-0.2, 0) is 23.0 Å². The second-order valence-electron chi connectivity index (χ2n) is 6.61. The molecular weight excluding hydrogens is 368 g/mol. The average Bonchev–Trinajstić information content (AvgIpc) is 3.17. The van der Waals surface area contributed by atoms with Crippen molar-refractivity contribution in [3.05, 3.63) is 64.9 Å². The zero-order valence-electron chi connectivity index (χ0n) is 14.4. The third kappa shape index (κ3) is 2.86. The van der Waals surface area contributed by atoms with Gasteiger partial charge in [-0.15, -0.1) is 0 Å².